The van der Waals surface area contributed by atoms with Crippen LogP contribution in [0.2, 0.25) is 0 Å². The van der Waals surface area contributed by atoms with E-state index in [1.54, 1.807) is 6.92 Å². The van der Waals surface area contributed by atoms with Crippen molar-refractivity contribution in [2.24, 2.45) is 5.92 Å². The van der Waals surface area contributed by atoms with Gasteiger partial charge in [-0.2, -0.15) is 0 Å². The van der Waals surface area contributed by atoms with Crippen molar-refractivity contribution in [1.29, 1.82) is 0 Å². The lowest BCUT2D eigenvalue weighted by Crippen LogP contribution is -2.40. The normalized spacial score (nSPS) is 19.5. The average molecular weight is 259 g/mol. The number of rotatable bonds is 5. The van der Waals surface area contributed by atoms with E-state index in [1.165, 1.54) is 5.56 Å². The Morgan fingerprint density at radius 2 is 2.05 bits per heavy atom. The minimum atomic E-state index is 0.0429. The van der Waals surface area contributed by atoms with Gasteiger partial charge in [0.1, 0.15) is 5.78 Å². The van der Waals surface area contributed by atoms with E-state index in [4.69, 9.17) is 0 Å². The summed E-state index contributed by atoms with van der Waals surface area (Å²) in [6.45, 7) is 3.12. The van der Waals surface area contributed by atoms with Gasteiger partial charge in [-0.3, -0.25) is 4.79 Å². The van der Waals surface area contributed by atoms with Crippen LogP contribution in [0, 0.1) is 5.92 Å². The molecule has 1 aliphatic heterocycles. The van der Waals surface area contributed by atoms with Gasteiger partial charge in [-0.15, -0.1) is 0 Å². The largest absolute Gasteiger partial charge is 0.338 e. The molecule has 1 unspecified atom stereocenters. The van der Waals surface area contributed by atoms with Crippen molar-refractivity contribution in [3.8, 4) is 0 Å². The highest BCUT2D eigenvalue weighted by atomic mass is 16.2. The first-order chi connectivity index (χ1) is 9.16. The highest BCUT2D eigenvalue weighted by Crippen LogP contribution is 2.23. The van der Waals surface area contributed by atoms with Gasteiger partial charge in [-0.1, -0.05) is 30.3 Å². The van der Waals surface area contributed by atoms with Crippen LogP contribution in [0.5, 0.6) is 0 Å². The second-order valence-corrected chi connectivity index (χ2v) is 5.33. The quantitative estimate of drug-likeness (QED) is 0.815. The summed E-state index contributed by atoms with van der Waals surface area (Å²) >= 11 is 0. The number of piperidine rings is 1. The average Bonchev–Trinajstić information content (AvgIpc) is 2.41. The summed E-state index contributed by atoms with van der Waals surface area (Å²) in [5.74, 6) is 0.436. The minimum Gasteiger partial charge on any atom is -0.338 e. The minimum absolute atomic E-state index is 0.0429. The van der Waals surface area contributed by atoms with Crippen LogP contribution in [-0.2, 0) is 16.1 Å². The fraction of sp³-hybridized carbons (Fsp3) is 0.500. The second-order valence-electron chi connectivity index (χ2n) is 5.33. The number of carbonyl (C=O) groups is 2. The van der Waals surface area contributed by atoms with E-state index >= 15 is 0 Å². The molecule has 0 N–H and O–H groups in total. The van der Waals surface area contributed by atoms with E-state index in [0.29, 0.717) is 19.4 Å². The third-order valence-electron chi connectivity index (χ3n) is 3.70. The smallest absolute Gasteiger partial charge is 0.225 e. The highest BCUT2D eigenvalue weighted by Gasteiger charge is 2.28. The molecule has 19 heavy (non-hydrogen) atoms. The number of carbonyl (C=O) groups excluding carboxylic acids is 2. The van der Waals surface area contributed by atoms with Gasteiger partial charge in [0, 0.05) is 25.4 Å². The summed E-state index contributed by atoms with van der Waals surface area (Å²) in [5.41, 5.74) is 1.17. The molecular weight excluding hydrogens is 238 g/mol. The van der Waals surface area contributed by atoms with E-state index in [0.717, 1.165) is 19.4 Å². The van der Waals surface area contributed by atoms with E-state index < -0.39 is 0 Å². The summed E-state index contributed by atoms with van der Waals surface area (Å²) in [6, 6.07) is 10.1. The number of hydrogen-bond acceptors (Lipinski definition) is 2. The van der Waals surface area contributed by atoms with Gasteiger partial charge in [0.25, 0.3) is 0 Å². The maximum atomic E-state index is 12.4. The van der Waals surface area contributed by atoms with Crippen LogP contribution < -0.4 is 0 Å². The molecule has 1 aromatic carbocycles. The Morgan fingerprint density at radius 1 is 1.32 bits per heavy atom. The Balaban J connectivity index is 1.94. The third kappa shape index (κ3) is 3.91. The molecule has 0 aromatic heterocycles. The Morgan fingerprint density at radius 3 is 2.74 bits per heavy atom. The molecule has 102 valence electrons. The van der Waals surface area contributed by atoms with Gasteiger partial charge in [0.05, 0.1) is 0 Å². The molecule has 0 saturated carbocycles. The van der Waals surface area contributed by atoms with Crippen LogP contribution in [0.25, 0.3) is 0 Å². The lowest BCUT2D eigenvalue weighted by atomic mass is 9.91. The lowest BCUT2D eigenvalue weighted by Gasteiger charge is -2.32. The maximum absolute atomic E-state index is 12.4. The Bertz CT molecular complexity index is 441. The van der Waals surface area contributed by atoms with Gasteiger partial charge >= 0.3 is 0 Å². The van der Waals surface area contributed by atoms with Crippen LogP contribution >= 0.6 is 0 Å². The van der Waals surface area contributed by atoms with Crippen molar-refractivity contribution in [2.45, 2.75) is 39.2 Å². The lowest BCUT2D eigenvalue weighted by molar-refractivity contribution is -0.139. The van der Waals surface area contributed by atoms with Crippen molar-refractivity contribution in [2.75, 3.05) is 6.54 Å². The van der Waals surface area contributed by atoms with Crippen molar-refractivity contribution in [3.63, 3.8) is 0 Å². The summed E-state index contributed by atoms with van der Waals surface area (Å²) < 4.78 is 0. The number of nitrogens with zero attached hydrogens (tertiary/aromatic N) is 1. The standard InChI is InChI=1S/C16H21NO2/c1-13(18)9-10-15-8-5-11-17(16(15)19)12-14-6-3-2-4-7-14/h2-4,6-7,15H,5,8-12H2,1H3. The molecule has 0 spiro atoms. The van der Waals surface area contributed by atoms with Crippen LogP contribution in [-0.4, -0.2) is 23.1 Å². The number of Topliss-reactive ketones (excluding diaryl/α,β-unsaturated/α-hetero) is 1. The second kappa shape index (κ2) is 6.50. The molecule has 2 rings (SSSR count). The van der Waals surface area contributed by atoms with E-state index in [2.05, 4.69) is 0 Å². The SMILES string of the molecule is CC(=O)CCC1CCCN(Cc2ccccc2)C1=O. The van der Waals surface area contributed by atoms with Gasteiger partial charge in [0.2, 0.25) is 5.91 Å². The zero-order valence-corrected chi connectivity index (χ0v) is 11.5. The Kier molecular flexibility index (Phi) is 4.72. The fourth-order valence-corrected chi connectivity index (χ4v) is 2.63. The van der Waals surface area contributed by atoms with E-state index in [1.807, 2.05) is 35.2 Å². The van der Waals surface area contributed by atoms with Crippen molar-refractivity contribution in [3.05, 3.63) is 35.9 Å². The van der Waals surface area contributed by atoms with Gasteiger partial charge < -0.3 is 9.69 Å². The van der Waals surface area contributed by atoms with Gasteiger partial charge in [0.15, 0.2) is 0 Å². The van der Waals surface area contributed by atoms with Crippen LogP contribution in [0.1, 0.15) is 38.2 Å². The monoisotopic (exact) mass is 259 g/mol. The molecule has 0 aliphatic carbocycles. The van der Waals surface area contributed by atoms with Crippen molar-refractivity contribution >= 4 is 11.7 Å². The van der Waals surface area contributed by atoms with Crippen LogP contribution in [0.4, 0.5) is 0 Å². The zero-order valence-electron chi connectivity index (χ0n) is 11.5. The predicted molar refractivity (Wildman–Crippen MR) is 74.5 cm³/mol. The first kappa shape index (κ1) is 13.8. The van der Waals surface area contributed by atoms with Gasteiger partial charge in [-0.25, -0.2) is 0 Å². The summed E-state index contributed by atoms with van der Waals surface area (Å²) in [4.78, 5) is 25.3. The van der Waals surface area contributed by atoms with Crippen molar-refractivity contribution in [1.82, 2.24) is 4.90 Å². The molecule has 3 nitrogen and oxygen atoms in total. The molecule has 1 aromatic rings. The van der Waals surface area contributed by atoms with E-state index in [-0.39, 0.29) is 17.6 Å². The topological polar surface area (TPSA) is 37.4 Å². The number of ketones is 1. The third-order valence-corrected chi connectivity index (χ3v) is 3.70. The van der Waals surface area contributed by atoms with Crippen molar-refractivity contribution < 1.29 is 9.59 Å². The van der Waals surface area contributed by atoms with Gasteiger partial charge in [-0.05, 0) is 31.7 Å². The first-order valence-electron chi connectivity index (χ1n) is 6.99. The summed E-state index contributed by atoms with van der Waals surface area (Å²) in [7, 11) is 0. The van der Waals surface area contributed by atoms with E-state index in [9.17, 15) is 9.59 Å². The number of amides is 1. The fourth-order valence-electron chi connectivity index (χ4n) is 2.63. The number of benzene rings is 1. The molecule has 1 atom stereocenters. The molecule has 1 saturated heterocycles. The maximum Gasteiger partial charge on any atom is 0.225 e. The molecule has 0 bridgehead atoms. The highest BCUT2D eigenvalue weighted by molar-refractivity contribution is 5.81. The van der Waals surface area contributed by atoms with Crippen LogP contribution in [0.3, 0.4) is 0 Å². The molecule has 1 aliphatic rings. The first-order valence-corrected chi connectivity index (χ1v) is 6.99. The summed E-state index contributed by atoms with van der Waals surface area (Å²) in [5, 5.41) is 0. The molecule has 3 heteroatoms. The zero-order chi connectivity index (χ0) is 13.7. The summed E-state index contributed by atoms with van der Waals surface area (Å²) in [6.07, 6.45) is 3.20. The molecular formula is C16H21NO2. The predicted octanol–water partition coefficient (Wildman–Crippen LogP) is 2.79. The number of likely N-dealkylation sites (tertiary alicyclic amines) is 1. The molecule has 1 heterocycles. The Labute approximate surface area is 114 Å². The molecule has 1 fully saturated rings. The van der Waals surface area contributed by atoms with Crippen LogP contribution in [0.15, 0.2) is 30.3 Å². The Hall–Kier alpha value is -1.64. The molecule has 0 radical (unpaired) electrons. The molecule has 1 amide bonds. The number of hydrogen-bond donors (Lipinski definition) is 0.